The smallest absolute Gasteiger partial charge is 0.274 e. The van der Waals surface area contributed by atoms with Crippen LogP contribution < -0.4 is 10.2 Å². The fourth-order valence-electron chi connectivity index (χ4n) is 2.71. The van der Waals surface area contributed by atoms with Gasteiger partial charge in [-0.05, 0) is 37.6 Å². The quantitative estimate of drug-likeness (QED) is 0.689. The molecule has 3 aromatic rings. The highest BCUT2D eigenvalue weighted by Gasteiger charge is 2.15. The van der Waals surface area contributed by atoms with Crippen molar-refractivity contribution in [1.29, 1.82) is 0 Å². The minimum atomic E-state index is -1.03. The number of halogens is 2. The summed E-state index contributed by atoms with van der Waals surface area (Å²) in [6.45, 7) is 5.01. The number of nitrogens with zero attached hydrogens (tertiary/aromatic N) is 3. The van der Waals surface area contributed by atoms with Gasteiger partial charge in [0.15, 0.2) is 11.6 Å². The lowest BCUT2D eigenvalue weighted by molar-refractivity contribution is 0.102. The van der Waals surface area contributed by atoms with Crippen molar-refractivity contribution < 1.29 is 13.6 Å². The molecule has 1 amide bonds. The van der Waals surface area contributed by atoms with E-state index in [1.165, 1.54) is 6.07 Å². The highest BCUT2D eigenvalue weighted by Crippen LogP contribution is 2.17. The van der Waals surface area contributed by atoms with Gasteiger partial charge in [-0.3, -0.25) is 4.79 Å². The van der Waals surface area contributed by atoms with Gasteiger partial charge >= 0.3 is 0 Å². The van der Waals surface area contributed by atoms with E-state index in [2.05, 4.69) is 15.3 Å². The van der Waals surface area contributed by atoms with E-state index in [4.69, 9.17) is 0 Å². The van der Waals surface area contributed by atoms with E-state index in [1.54, 1.807) is 13.0 Å². The topological polar surface area (TPSA) is 58.1 Å². The summed E-state index contributed by atoms with van der Waals surface area (Å²) in [5.74, 6) is -2.09. The Bertz CT molecular complexity index is 979. The average molecular weight is 382 g/mol. The van der Waals surface area contributed by atoms with Gasteiger partial charge < -0.3 is 10.2 Å². The molecule has 1 heterocycles. The molecule has 0 aliphatic carbocycles. The largest absolute Gasteiger partial charge is 0.337 e. The number of aryl methyl sites for hydroxylation is 1. The van der Waals surface area contributed by atoms with Crippen LogP contribution in [0, 0.1) is 18.6 Å². The summed E-state index contributed by atoms with van der Waals surface area (Å²) in [5, 5.41) is 2.53. The number of hydrogen-bond acceptors (Lipinski definition) is 4. The van der Waals surface area contributed by atoms with Crippen LogP contribution in [0.1, 0.15) is 28.7 Å². The number of carbonyl (C=O) groups is 1. The maximum absolute atomic E-state index is 13.4. The molecule has 144 valence electrons. The predicted octanol–water partition coefficient (Wildman–Crippen LogP) is 4.34. The summed E-state index contributed by atoms with van der Waals surface area (Å²) in [5.41, 5.74) is 2.03. The molecule has 0 unspecified atom stereocenters. The second kappa shape index (κ2) is 8.56. The zero-order valence-corrected chi connectivity index (χ0v) is 15.6. The summed E-state index contributed by atoms with van der Waals surface area (Å²) < 4.78 is 26.4. The van der Waals surface area contributed by atoms with E-state index in [-0.39, 0.29) is 11.4 Å². The Morgan fingerprint density at radius 3 is 2.46 bits per heavy atom. The molecule has 0 atom stereocenters. The van der Waals surface area contributed by atoms with E-state index >= 15 is 0 Å². The van der Waals surface area contributed by atoms with Gasteiger partial charge in [0.1, 0.15) is 5.69 Å². The van der Waals surface area contributed by atoms with Crippen molar-refractivity contribution in [2.75, 3.05) is 16.8 Å². The van der Waals surface area contributed by atoms with Gasteiger partial charge in [-0.15, -0.1) is 0 Å². The standard InChI is InChI=1S/C21H20F2N4O/c1-3-27(13-15-7-5-4-6-8-15)21-24-14(2)11-19(26-21)20(28)25-16-9-10-17(22)18(23)12-16/h4-12H,3,13H2,1-2H3,(H,25,28). The molecular formula is C21H20F2N4O. The van der Waals surface area contributed by atoms with Crippen molar-refractivity contribution in [2.45, 2.75) is 20.4 Å². The third-order valence-corrected chi connectivity index (χ3v) is 4.13. The Labute approximate surface area is 162 Å². The number of benzene rings is 2. The lowest BCUT2D eigenvalue weighted by Crippen LogP contribution is -2.26. The molecule has 28 heavy (non-hydrogen) atoms. The average Bonchev–Trinajstić information content (AvgIpc) is 2.69. The molecule has 0 fully saturated rings. The molecule has 0 saturated carbocycles. The second-order valence-corrected chi connectivity index (χ2v) is 6.28. The van der Waals surface area contributed by atoms with Crippen molar-refractivity contribution in [3.63, 3.8) is 0 Å². The lowest BCUT2D eigenvalue weighted by atomic mass is 10.2. The van der Waals surface area contributed by atoms with Gasteiger partial charge in [0.05, 0.1) is 0 Å². The fraction of sp³-hybridized carbons (Fsp3) is 0.190. The summed E-state index contributed by atoms with van der Waals surface area (Å²) in [6, 6.07) is 14.6. The van der Waals surface area contributed by atoms with Crippen LogP contribution in [0.5, 0.6) is 0 Å². The van der Waals surface area contributed by atoms with E-state index < -0.39 is 17.5 Å². The second-order valence-electron chi connectivity index (χ2n) is 6.28. The Morgan fingerprint density at radius 2 is 1.79 bits per heavy atom. The normalized spacial score (nSPS) is 10.6. The van der Waals surface area contributed by atoms with Crippen molar-refractivity contribution in [3.05, 3.63) is 83.2 Å². The third-order valence-electron chi connectivity index (χ3n) is 4.13. The van der Waals surface area contributed by atoms with E-state index in [0.717, 1.165) is 17.7 Å². The highest BCUT2D eigenvalue weighted by molar-refractivity contribution is 6.03. The first-order valence-electron chi connectivity index (χ1n) is 8.87. The first-order chi connectivity index (χ1) is 13.5. The van der Waals surface area contributed by atoms with Gasteiger partial charge in [0.25, 0.3) is 5.91 Å². The minimum Gasteiger partial charge on any atom is -0.337 e. The fourth-order valence-corrected chi connectivity index (χ4v) is 2.71. The molecule has 0 spiro atoms. The predicted molar refractivity (Wildman–Crippen MR) is 104 cm³/mol. The van der Waals surface area contributed by atoms with Crippen LogP contribution in [0.3, 0.4) is 0 Å². The van der Waals surface area contributed by atoms with Crippen molar-refractivity contribution in [2.24, 2.45) is 0 Å². The van der Waals surface area contributed by atoms with Crippen LogP contribution in [0.25, 0.3) is 0 Å². The van der Waals surface area contributed by atoms with Crippen molar-refractivity contribution in [3.8, 4) is 0 Å². The van der Waals surface area contributed by atoms with Crippen molar-refractivity contribution >= 4 is 17.5 Å². The van der Waals surface area contributed by atoms with E-state index in [1.807, 2.05) is 42.2 Å². The van der Waals surface area contributed by atoms with Gasteiger partial charge in [-0.2, -0.15) is 0 Å². The number of carbonyl (C=O) groups excluding carboxylic acids is 1. The molecule has 2 aromatic carbocycles. The molecule has 0 bridgehead atoms. The van der Waals surface area contributed by atoms with Gasteiger partial charge in [0, 0.05) is 30.5 Å². The Hall–Kier alpha value is -3.35. The molecule has 1 aromatic heterocycles. The van der Waals surface area contributed by atoms with Gasteiger partial charge in [-0.25, -0.2) is 18.7 Å². The van der Waals surface area contributed by atoms with Crippen LogP contribution in [0.15, 0.2) is 54.6 Å². The summed E-state index contributed by atoms with van der Waals surface area (Å²) in [7, 11) is 0. The zero-order chi connectivity index (χ0) is 20.1. The molecule has 7 heteroatoms. The van der Waals surface area contributed by atoms with Crippen LogP contribution >= 0.6 is 0 Å². The first kappa shape index (κ1) is 19.4. The third kappa shape index (κ3) is 4.68. The Balaban J connectivity index is 1.83. The molecule has 0 aliphatic heterocycles. The Morgan fingerprint density at radius 1 is 1.04 bits per heavy atom. The van der Waals surface area contributed by atoms with Gasteiger partial charge in [0.2, 0.25) is 5.95 Å². The molecule has 5 nitrogen and oxygen atoms in total. The van der Waals surface area contributed by atoms with E-state index in [9.17, 15) is 13.6 Å². The van der Waals surface area contributed by atoms with Crippen LogP contribution in [0.4, 0.5) is 20.4 Å². The Kier molecular flexibility index (Phi) is 5.93. The van der Waals surface area contributed by atoms with E-state index in [0.29, 0.717) is 24.7 Å². The van der Waals surface area contributed by atoms with Gasteiger partial charge in [-0.1, -0.05) is 30.3 Å². The maximum Gasteiger partial charge on any atom is 0.274 e. The number of hydrogen-bond donors (Lipinski definition) is 1. The first-order valence-corrected chi connectivity index (χ1v) is 8.87. The molecule has 0 radical (unpaired) electrons. The summed E-state index contributed by atoms with van der Waals surface area (Å²) in [4.78, 5) is 23.3. The van der Waals surface area contributed by atoms with Crippen LogP contribution in [-0.2, 0) is 6.54 Å². The monoisotopic (exact) mass is 382 g/mol. The number of rotatable bonds is 6. The number of nitrogens with one attached hydrogen (secondary N) is 1. The molecule has 0 aliphatic rings. The highest BCUT2D eigenvalue weighted by atomic mass is 19.2. The van der Waals surface area contributed by atoms with Crippen LogP contribution in [-0.4, -0.2) is 22.4 Å². The minimum absolute atomic E-state index is 0.151. The maximum atomic E-state index is 13.4. The molecular weight excluding hydrogens is 362 g/mol. The van der Waals surface area contributed by atoms with Crippen molar-refractivity contribution in [1.82, 2.24) is 9.97 Å². The summed E-state index contributed by atoms with van der Waals surface area (Å²) >= 11 is 0. The molecule has 0 saturated heterocycles. The molecule has 1 N–H and O–H groups in total. The SMILES string of the molecule is CCN(Cc1ccccc1)c1nc(C)cc(C(=O)Nc2ccc(F)c(F)c2)n1. The molecule has 3 rings (SSSR count). The zero-order valence-electron chi connectivity index (χ0n) is 15.6. The van der Waals surface area contributed by atoms with Crippen LogP contribution in [0.2, 0.25) is 0 Å². The summed E-state index contributed by atoms with van der Waals surface area (Å²) in [6.07, 6.45) is 0. The number of anilines is 2. The number of aromatic nitrogens is 2. The number of amides is 1. The lowest BCUT2D eigenvalue weighted by Gasteiger charge is -2.21.